The molecular weight excluding hydrogens is 409 g/mol. The van der Waals surface area contributed by atoms with E-state index in [0.29, 0.717) is 0 Å². The van der Waals surface area contributed by atoms with Crippen molar-refractivity contribution in [2.24, 2.45) is 0 Å². The largest absolute Gasteiger partial charge is 1.00 e. The van der Waals surface area contributed by atoms with Gasteiger partial charge in [-0.05, 0) is 31.2 Å². The Morgan fingerprint density at radius 1 is 0.840 bits per heavy atom. The molecule has 144 valence electrons. The van der Waals surface area contributed by atoms with Crippen molar-refractivity contribution >= 4 is 12.9 Å². The molecule has 0 aliphatic rings. The molecule has 0 radical (unpaired) electrons. The molecule has 1 aromatic carbocycles. The van der Waals surface area contributed by atoms with Crippen LogP contribution < -0.4 is 17.0 Å². The molecule has 0 unspecified atom stereocenters. The zero-order chi connectivity index (χ0) is 17.8. The molecule has 0 fully saturated rings. The van der Waals surface area contributed by atoms with Crippen molar-refractivity contribution in [2.75, 3.05) is 25.2 Å². The Morgan fingerprint density at radius 2 is 1.32 bits per heavy atom. The number of non-ortho nitro benzene ring substituents is 1. The van der Waals surface area contributed by atoms with E-state index in [1.54, 1.807) is 12.1 Å². The van der Waals surface area contributed by atoms with Crippen LogP contribution in [0.5, 0.6) is 0 Å². The SMILES string of the molecule is O=[N+]([O-])c1ccc(CCCCCCCC[P+](CO)(CO)CO)cc1.[Br-]. The zero-order valence-corrected chi connectivity index (χ0v) is 17.0. The maximum absolute atomic E-state index is 10.6. The van der Waals surface area contributed by atoms with Gasteiger partial charge in [0.1, 0.15) is 0 Å². The van der Waals surface area contributed by atoms with E-state index in [0.717, 1.165) is 56.7 Å². The predicted octanol–water partition coefficient (Wildman–Crippen LogP) is 0.349. The van der Waals surface area contributed by atoms with E-state index in [2.05, 4.69) is 0 Å². The van der Waals surface area contributed by atoms with Crippen LogP contribution in [0.3, 0.4) is 0 Å². The second-order valence-corrected chi connectivity index (χ2v) is 10.3. The fourth-order valence-corrected chi connectivity index (χ4v) is 4.20. The summed E-state index contributed by atoms with van der Waals surface area (Å²) in [4.78, 5) is 10.2. The van der Waals surface area contributed by atoms with Gasteiger partial charge in [0.15, 0.2) is 19.0 Å². The van der Waals surface area contributed by atoms with E-state index in [4.69, 9.17) is 0 Å². The van der Waals surface area contributed by atoms with Crippen molar-refractivity contribution in [2.45, 2.75) is 44.9 Å². The minimum absolute atomic E-state index is 0. The van der Waals surface area contributed by atoms with Gasteiger partial charge in [-0.15, -0.1) is 0 Å². The summed E-state index contributed by atoms with van der Waals surface area (Å²) in [7, 11) is -1.93. The molecule has 0 heterocycles. The highest BCUT2D eigenvalue weighted by atomic mass is 79.9. The Morgan fingerprint density at radius 3 is 1.80 bits per heavy atom. The quantitative estimate of drug-likeness (QED) is 0.179. The number of rotatable bonds is 13. The number of benzene rings is 1. The molecule has 25 heavy (non-hydrogen) atoms. The molecule has 0 bridgehead atoms. The minimum Gasteiger partial charge on any atom is -1.00 e. The van der Waals surface area contributed by atoms with Crippen molar-refractivity contribution in [1.82, 2.24) is 0 Å². The van der Waals surface area contributed by atoms with Gasteiger partial charge in [-0.3, -0.25) is 10.1 Å². The summed E-state index contributed by atoms with van der Waals surface area (Å²) in [6, 6.07) is 6.74. The summed E-state index contributed by atoms with van der Waals surface area (Å²) in [6.07, 6.45) is 7.90. The molecule has 0 aliphatic heterocycles. The van der Waals surface area contributed by atoms with Crippen molar-refractivity contribution in [3.05, 3.63) is 39.9 Å². The number of aryl methyl sites for hydroxylation is 1. The first kappa shape index (κ1) is 24.4. The molecule has 0 spiro atoms. The van der Waals surface area contributed by atoms with Crippen LogP contribution in [-0.2, 0) is 6.42 Å². The lowest BCUT2D eigenvalue weighted by molar-refractivity contribution is -0.384. The van der Waals surface area contributed by atoms with E-state index >= 15 is 0 Å². The van der Waals surface area contributed by atoms with Crippen LogP contribution in [-0.4, -0.2) is 45.4 Å². The molecule has 3 N–H and O–H groups in total. The maximum Gasteiger partial charge on any atom is 0.269 e. The Bertz CT molecular complexity index is 474. The Kier molecular flexibility index (Phi) is 13.3. The van der Waals surface area contributed by atoms with Crippen molar-refractivity contribution < 1.29 is 37.2 Å². The third kappa shape index (κ3) is 9.06. The first-order chi connectivity index (χ1) is 11.6. The molecule has 0 aromatic heterocycles. The molecule has 8 heteroatoms. The van der Waals surface area contributed by atoms with Crippen LogP contribution in [0, 0.1) is 10.1 Å². The fourth-order valence-electron chi connectivity index (χ4n) is 2.61. The summed E-state index contributed by atoms with van der Waals surface area (Å²) in [6.45, 7) is 0. The van der Waals surface area contributed by atoms with Crippen LogP contribution in [0.4, 0.5) is 5.69 Å². The monoisotopic (exact) mass is 437 g/mol. The molecule has 1 aromatic rings. The fraction of sp³-hybridized carbons (Fsp3) is 0.647. The van der Waals surface area contributed by atoms with Gasteiger partial charge in [-0.2, -0.15) is 0 Å². The van der Waals surface area contributed by atoms with Gasteiger partial charge in [-0.25, -0.2) is 0 Å². The minimum atomic E-state index is -1.93. The third-order valence-corrected chi connectivity index (χ3v) is 7.46. The Balaban J connectivity index is 0.00000576. The van der Waals surface area contributed by atoms with Gasteiger partial charge >= 0.3 is 0 Å². The smallest absolute Gasteiger partial charge is 0.269 e. The van der Waals surface area contributed by atoms with Gasteiger partial charge in [-0.1, -0.05) is 31.4 Å². The normalized spacial score (nSPS) is 11.2. The van der Waals surface area contributed by atoms with E-state index in [9.17, 15) is 25.4 Å². The number of aliphatic hydroxyl groups excluding tert-OH is 3. The predicted molar refractivity (Wildman–Crippen MR) is 97.5 cm³/mol. The molecule has 0 saturated heterocycles. The maximum atomic E-state index is 10.6. The number of halogens is 1. The highest BCUT2D eigenvalue weighted by molar-refractivity contribution is 7.75. The first-order valence-electron chi connectivity index (χ1n) is 8.48. The van der Waals surface area contributed by atoms with Gasteiger partial charge in [0.05, 0.1) is 18.3 Å². The lowest BCUT2D eigenvalue weighted by atomic mass is 10.0. The number of nitrogens with zero attached hydrogens (tertiary/aromatic N) is 1. The second-order valence-electron chi connectivity index (χ2n) is 6.28. The van der Waals surface area contributed by atoms with Gasteiger partial charge in [0, 0.05) is 12.1 Å². The summed E-state index contributed by atoms with van der Waals surface area (Å²) in [5.41, 5.74) is 1.26. The summed E-state index contributed by atoms with van der Waals surface area (Å²) < 4.78 is 0. The van der Waals surface area contributed by atoms with Gasteiger partial charge < -0.3 is 32.3 Å². The molecule has 0 atom stereocenters. The summed E-state index contributed by atoms with van der Waals surface area (Å²) >= 11 is 0. The van der Waals surface area contributed by atoms with E-state index in [-0.39, 0.29) is 46.6 Å². The third-order valence-electron chi connectivity index (χ3n) is 4.40. The van der Waals surface area contributed by atoms with E-state index < -0.39 is 7.26 Å². The standard InChI is InChI=1S/C17H29NO5P.BrH/c19-13-24(14-20,15-21)12-6-4-2-1-3-5-7-16-8-10-17(11-9-16)18(22)23;/h8-11,19-21H,1-7,12-15H2;1H/q+1;/p-1. The van der Waals surface area contributed by atoms with E-state index in [1.807, 2.05) is 12.1 Å². The van der Waals surface area contributed by atoms with Crippen molar-refractivity contribution in [3.63, 3.8) is 0 Å². The first-order valence-corrected chi connectivity index (χ1v) is 11.0. The lowest BCUT2D eigenvalue weighted by Gasteiger charge is -2.19. The number of hydrogen-bond donors (Lipinski definition) is 3. The van der Waals surface area contributed by atoms with Crippen LogP contribution >= 0.6 is 7.26 Å². The van der Waals surface area contributed by atoms with Crippen LogP contribution in [0.1, 0.15) is 44.1 Å². The van der Waals surface area contributed by atoms with Gasteiger partial charge in [0.25, 0.3) is 5.69 Å². The number of hydrogen-bond acceptors (Lipinski definition) is 5. The Labute approximate surface area is 160 Å². The average molecular weight is 438 g/mol. The molecule has 0 aliphatic carbocycles. The number of nitro groups is 1. The number of nitro benzene ring substituents is 1. The average Bonchev–Trinajstić information content (AvgIpc) is 2.61. The zero-order valence-electron chi connectivity index (χ0n) is 14.5. The van der Waals surface area contributed by atoms with Crippen molar-refractivity contribution in [3.8, 4) is 0 Å². The number of aliphatic hydroxyl groups is 3. The molecule has 0 saturated carbocycles. The van der Waals surface area contributed by atoms with E-state index in [1.165, 1.54) is 0 Å². The molecule has 6 nitrogen and oxygen atoms in total. The lowest BCUT2D eigenvalue weighted by Crippen LogP contribution is -3.00. The molecule has 0 amide bonds. The second kappa shape index (κ2) is 13.6. The topological polar surface area (TPSA) is 104 Å². The van der Waals surface area contributed by atoms with Gasteiger partial charge in [0.2, 0.25) is 0 Å². The highest BCUT2D eigenvalue weighted by Gasteiger charge is 2.34. The van der Waals surface area contributed by atoms with Crippen molar-refractivity contribution in [1.29, 1.82) is 0 Å². The molecule has 1 rings (SSSR count). The van der Waals surface area contributed by atoms with Crippen LogP contribution in [0.15, 0.2) is 24.3 Å². The van der Waals surface area contributed by atoms with Crippen LogP contribution in [0.2, 0.25) is 0 Å². The highest BCUT2D eigenvalue weighted by Crippen LogP contribution is 2.56. The summed E-state index contributed by atoms with van der Waals surface area (Å²) in [5.74, 6) is 0. The Hall–Kier alpha value is -0.590. The van der Waals surface area contributed by atoms with Crippen LogP contribution in [0.25, 0.3) is 0 Å². The summed E-state index contributed by atoms with van der Waals surface area (Å²) in [5, 5.41) is 38.5. The molecular formula is C17H29BrNO5P. The number of unbranched alkanes of at least 4 members (excludes halogenated alkanes) is 5.